The summed E-state index contributed by atoms with van der Waals surface area (Å²) in [5.74, 6) is 0. The van der Waals surface area contributed by atoms with Gasteiger partial charge in [0, 0.05) is 16.8 Å². The number of hydrogen-bond donors (Lipinski definition) is 0. The zero-order valence-electron chi connectivity index (χ0n) is 20.4. The fourth-order valence-corrected chi connectivity index (χ4v) is 5.23. The molecule has 0 aliphatic carbocycles. The van der Waals surface area contributed by atoms with Crippen molar-refractivity contribution in [2.75, 3.05) is 4.90 Å². The molecule has 36 heavy (non-hydrogen) atoms. The van der Waals surface area contributed by atoms with Gasteiger partial charge in [-0.3, -0.25) is 0 Å². The molecule has 0 unspecified atom stereocenters. The quantitative estimate of drug-likeness (QED) is 0.231. The van der Waals surface area contributed by atoms with E-state index < -0.39 is 0 Å². The van der Waals surface area contributed by atoms with Crippen LogP contribution in [0.25, 0.3) is 44.5 Å². The van der Waals surface area contributed by atoms with E-state index >= 15 is 0 Å². The maximum atomic E-state index is 4.11. The van der Waals surface area contributed by atoms with Gasteiger partial charge in [0.25, 0.3) is 0 Å². The van der Waals surface area contributed by atoms with Crippen LogP contribution in [0.4, 0.5) is 17.1 Å². The van der Waals surface area contributed by atoms with Crippen LogP contribution < -0.4 is 4.90 Å². The predicted octanol–water partition coefficient (Wildman–Crippen LogP) is 10.2. The summed E-state index contributed by atoms with van der Waals surface area (Å²) in [6.07, 6.45) is 3.86. The second-order valence-electron chi connectivity index (χ2n) is 9.22. The molecule has 6 aromatic rings. The Balaban J connectivity index is 1.69. The van der Waals surface area contributed by atoms with Crippen molar-refractivity contribution in [2.45, 2.75) is 6.92 Å². The summed E-state index contributed by atoms with van der Waals surface area (Å²) in [7, 11) is 0. The average molecular weight is 462 g/mol. The highest BCUT2D eigenvalue weighted by Gasteiger charge is 2.18. The lowest BCUT2D eigenvalue weighted by molar-refractivity contribution is 1.29. The number of hydrogen-bond acceptors (Lipinski definition) is 1. The molecule has 1 heteroatoms. The minimum Gasteiger partial charge on any atom is -0.310 e. The Kier molecular flexibility index (Phi) is 5.39. The number of nitrogens with zero attached hydrogens (tertiary/aromatic N) is 1. The van der Waals surface area contributed by atoms with E-state index in [0.717, 1.165) is 28.2 Å². The molecule has 0 atom stereocenters. The molecule has 0 aliphatic rings. The summed E-state index contributed by atoms with van der Waals surface area (Å²) in [5, 5.41) is 7.34. The van der Waals surface area contributed by atoms with E-state index in [-0.39, 0.29) is 0 Å². The number of anilines is 3. The molecule has 0 saturated carbocycles. The van der Waals surface area contributed by atoms with E-state index in [1.807, 2.05) is 12.2 Å². The van der Waals surface area contributed by atoms with Gasteiger partial charge in [0.05, 0.1) is 5.69 Å². The number of aryl methyl sites for hydroxylation is 1. The van der Waals surface area contributed by atoms with Gasteiger partial charge in [-0.2, -0.15) is 0 Å². The van der Waals surface area contributed by atoms with E-state index in [2.05, 4.69) is 134 Å². The number of rotatable bonds is 5. The largest absolute Gasteiger partial charge is 0.310 e. The summed E-state index contributed by atoms with van der Waals surface area (Å²) >= 11 is 0. The van der Waals surface area contributed by atoms with E-state index in [1.54, 1.807) is 0 Å². The van der Waals surface area contributed by atoms with Crippen molar-refractivity contribution in [3.05, 3.63) is 139 Å². The first kappa shape index (κ1) is 21.9. The van der Waals surface area contributed by atoms with Crippen molar-refractivity contribution in [2.24, 2.45) is 0 Å². The molecule has 6 rings (SSSR count). The zero-order valence-corrected chi connectivity index (χ0v) is 20.4. The summed E-state index contributed by atoms with van der Waals surface area (Å²) in [6, 6.07) is 39.3. The molecule has 6 aromatic carbocycles. The first-order valence-electron chi connectivity index (χ1n) is 12.3. The molecule has 1 nitrogen and oxygen atoms in total. The maximum Gasteiger partial charge on any atom is 0.0546 e. The summed E-state index contributed by atoms with van der Waals surface area (Å²) < 4.78 is 0. The third-order valence-electron chi connectivity index (χ3n) is 7.04. The van der Waals surface area contributed by atoms with Crippen molar-refractivity contribution in [3.8, 4) is 0 Å². The van der Waals surface area contributed by atoms with Crippen LogP contribution in [0.15, 0.2) is 122 Å². The van der Waals surface area contributed by atoms with Crippen LogP contribution >= 0.6 is 0 Å². The third kappa shape index (κ3) is 3.57. The van der Waals surface area contributed by atoms with Crippen molar-refractivity contribution < 1.29 is 0 Å². The van der Waals surface area contributed by atoms with Crippen LogP contribution in [0.5, 0.6) is 0 Å². The van der Waals surface area contributed by atoms with Crippen molar-refractivity contribution in [1.29, 1.82) is 0 Å². The van der Waals surface area contributed by atoms with Gasteiger partial charge in [-0.05, 0) is 75.3 Å². The molecule has 0 bridgehead atoms. The Morgan fingerprint density at radius 2 is 1.17 bits per heavy atom. The van der Waals surface area contributed by atoms with Crippen molar-refractivity contribution >= 4 is 61.5 Å². The third-order valence-corrected chi connectivity index (χ3v) is 7.04. The van der Waals surface area contributed by atoms with Crippen LogP contribution in [-0.2, 0) is 0 Å². The Morgan fingerprint density at radius 3 is 1.89 bits per heavy atom. The normalized spacial score (nSPS) is 11.1. The zero-order chi connectivity index (χ0) is 24.6. The van der Waals surface area contributed by atoms with Crippen LogP contribution in [0.3, 0.4) is 0 Å². The maximum absolute atomic E-state index is 4.11. The molecule has 0 saturated heterocycles. The molecule has 0 spiro atoms. The summed E-state index contributed by atoms with van der Waals surface area (Å²) in [4.78, 5) is 2.36. The van der Waals surface area contributed by atoms with Gasteiger partial charge in [0.15, 0.2) is 0 Å². The van der Waals surface area contributed by atoms with Crippen LogP contribution in [0.1, 0.15) is 16.7 Å². The highest BCUT2D eigenvalue weighted by molar-refractivity contribution is 6.10. The lowest BCUT2D eigenvalue weighted by Gasteiger charge is -2.28. The average Bonchev–Trinajstić information content (AvgIpc) is 2.93. The summed E-state index contributed by atoms with van der Waals surface area (Å²) in [6.45, 7) is 10.3. The Hall–Kier alpha value is -4.62. The molecule has 0 amide bonds. The topological polar surface area (TPSA) is 3.24 Å². The van der Waals surface area contributed by atoms with Gasteiger partial charge in [-0.25, -0.2) is 0 Å². The first-order valence-corrected chi connectivity index (χ1v) is 12.3. The van der Waals surface area contributed by atoms with Crippen molar-refractivity contribution in [1.82, 2.24) is 0 Å². The highest BCUT2D eigenvalue weighted by atomic mass is 15.1. The first-order chi connectivity index (χ1) is 17.7. The van der Waals surface area contributed by atoms with Crippen LogP contribution in [0.2, 0.25) is 0 Å². The molecule has 0 aliphatic heterocycles. The van der Waals surface area contributed by atoms with Gasteiger partial charge in [-0.15, -0.1) is 0 Å². The Labute approximate surface area is 212 Å². The Morgan fingerprint density at radius 1 is 0.556 bits per heavy atom. The monoisotopic (exact) mass is 461 g/mol. The van der Waals surface area contributed by atoms with E-state index in [1.165, 1.54) is 37.9 Å². The molecule has 0 heterocycles. The molecular formula is C35H27N. The van der Waals surface area contributed by atoms with E-state index in [9.17, 15) is 0 Å². The fraction of sp³-hybridized carbons (Fsp3) is 0.0286. The minimum absolute atomic E-state index is 1.07. The van der Waals surface area contributed by atoms with E-state index in [0.29, 0.717) is 0 Å². The van der Waals surface area contributed by atoms with Gasteiger partial charge in [0.1, 0.15) is 0 Å². The van der Waals surface area contributed by atoms with Gasteiger partial charge in [-0.1, -0.05) is 110 Å². The minimum atomic E-state index is 1.07. The fourth-order valence-electron chi connectivity index (χ4n) is 5.23. The highest BCUT2D eigenvalue weighted by Crippen LogP contribution is 2.43. The second-order valence-corrected chi connectivity index (χ2v) is 9.22. The molecule has 0 radical (unpaired) electrons. The van der Waals surface area contributed by atoms with Crippen LogP contribution in [0, 0.1) is 6.92 Å². The number of fused-ring (bicyclic) bond motifs is 4. The Bertz CT molecular complexity index is 1770. The molecular weight excluding hydrogens is 434 g/mol. The second kappa shape index (κ2) is 8.87. The van der Waals surface area contributed by atoms with Crippen LogP contribution in [-0.4, -0.2) is 0 Å². The van der Waals surface area contributed by atoms with Gasteiger partial charge < -0.3 is 4.90 Å². The molecule has 172 valence electrons. The molecule has 0 N–H and O–H groups in total. The lowest BCUT2D eigenvalue weighted by atomic mass is 9.95. The molecule has 0 aromatic heterocycles. The van der Waals surface area contributed by atoms with Gasteiger partial charge >= 0.3 is 0 Å². The van der Waals surface area contributed by atoms with E-state index in [4.69, 9.17) is 0 Å². The molecule has 0 fully saturated rings. The lowest BCUT2D eigenvalue weighted by Crippen LogP contribution is -2.11. The van der Waals surface area contributed by atoms with Crippen molar-refractivity contribution in [3.63, 3.8) is 0 Å². The number of benzene rings is 6. The standard InChI is InChI=1S/C35H27N/c1-4-25-22-35(33-13-9-8-12-32(33)30(25)5-2)36(28-19-14-24(3)15-20-28)29-21-18-27-17-16-26-10-6-7-11-31(26)34(27)23-29/h4-23H,1-2H2,3H3. The summed E-state index contributed by atoms with van der Waals surface area (Å²) in [5.41, 5.74) is 6.78. The van der Waals surface area contributed by atoms with Gasteiger partial charge in [0.2, 0.25) is 0 Å². The predicted molar refractivity (Wildman–Crippen MR) is 159 cm³/mol. The SMILES string of the molecule is C=Cc1cc(N(c2ccc(C)cc2)c2ccc3ccc4ccccc4c3c2)c2ccccc2c1C=C. The smallest absolute Gasteiger partial charge is 0.0546 e.